The maximum absolute atomic E-state index is 14.3. The predicted molar refractivity (Wildman–Crippen MR) is 148 cm³/mol. The first-order valence-electron chi connectivity index (χ1n) is 13.3. The molecule has 0 bridgehead atoms. The molecule has 5 atom stereocenters. The van der Waals surface area contributed by atoms with Gasteiger partial charge in [-0.3, -0.25) is 9.69 Å². The first-order valence-corrected chi connectivity index (χ1v) is 15.3. The third-order valence-electron chi connectivity index (χ3n) is 8.28. The number of carbonyl (C=O) groups excluding carboxylic acids is 1. The number of hydrogen-bond donors (Lipinski definition) is 0. The van der Waals surface area contributed by atoms with E-state index in [1.165, 1.54) is 24.0 Å². The highest BCUT2D eigenvalue weighted by Gasteiger charge is 2.60. The Labute approximate surface area is 219 Å². The third kappa shape index (κ3) is 5.19. The molecule has 1 saturated carbocycles. The molecule has 1 spiro atoms. The second kappa shape index (κ2) is 10.9. The molecule has 5 rings (SSSR count). The first kappa shape index (κ1) is 25.2. The van der Waals surface area contributed by atoms with E-state index in [-0.39, 0.29) is 28.1 Å². The standard InChI is InChI=1S/C30H39NO2S2/c1-21(2)25-15-14-22(3)18-27(25)33-29(32)28-26(24-12-8-5-9-13-24)20-31(30(28)34-16-17-35-30)19-23-10-6-4-7-11-23/h4-13,21-22,25-28H,14-20H2,1-3H3/t22-,25+,26+,27-,28+/m0/s1. The van der Waals surface area contributed by atoms with E-state index in [0.29, 0.717) is 17.8 Å². The Morgan fingerprint density at radius 1 is 1.03 bits per heavy atom. The Balaban J connectivity index is 1.48. The number of thioether (sulfide) groups is 2. The number of benzene rings is 2. The Bertz CT molecular complexity index is 976. The third-order valence-corrected chi connectivity index (χ3v) is 11.9. The van der Waals surface area contributed by atoms with Crippen molar-refractivity contribution in [3.05, 3.63) is 71.8 Å². The van der Waals surface area contributed by atoms with Gasteiger partial charge in [-0.25, -0.2) is 0 Å². The van der Waals surface area contributed by atoms with Crippen LogP contribution in [0.25, 0.3) is 0 Å². The van der Waals surface area contributed by atoms with Crippen molar-refractivity contribution in [1.29, 1.82) is 0 Å². The SMILES string of the molecule is CC(C)[C@H]1CC[C@H](C)C[C@@H]1OC(=O)[C@H]1[C@@H](c2ccccc2)CN(Cc2ccccc2)C12SCCS2. The van der Waals surface area contributed by atoms with Crippen LogP contribution in [0.4, 0.5) is 0 Å². The molecule has 0 amide bonds. The van der Waals surface area contributed by atoms with Gasteiger partial charge in [0.05, 0.1) is 0 Å². The monoisotopic (exact) mass is 509 g/mol. The van der Waals surface area contributed by atoms with Gasteiger partial charge in [0.15, 0.2) is 0 Å². The number of nitrogens with zero attached hydrogens (tertiary/aromatic N) is 1. The maximum Gasteiger partial charge on any atom is 0.313 e. The average Bonchev–Trinajstić information content (AvgIpc) is 3.46. The van der Waals surface area contributed by atoms with Crippen molar-refractivity contribution in [3.63, 3.8) is 0 Å². The minimum absolute atomic E-state index is 0.0288. The Morgan fingerprint density at radius 3 is 2.34 bits per heavy atom. The predicted octanol–water partition coefficient (Wildman–Crippen LogP) is 7.04. The van der Waals surface area contributed by atoms with Crippen molar-refractivity contribution < 1.29 is 9.53 Å². The molecule has 1 aliphatic carbocycles. The second-order valence-electron chi connectivity index (χ2n) is 11.0. The molecule has 0 unspecified atom stereocenters. The molecule has 0 radical (unpaired) electrons. The second-order valence-corrected chi connectivity index (χ2v) is 13.9. The minimum Gasteiger partial charge on any atom is -0.462 e. The lowest BCUT2D eigenvalue weighted by Crippen LogP contribution is -2.45. The van der Waals surface area contributed by atoms with Crippen LogP contribution in [0.1, 0.15) is 57.1 Å². The van der Waals surface area contributed by atoms with Crippen molar-refractivity contribution >= 4 is 29.5 Å². The number of ether oxygens (including phenoxy) is 1. The zero-order valence-electron chi connectivity index (χ0n) is 21.3. The number of carbonyl (C=O) groups is 1. The Kier molecular flexibility index (Phi) is 7.86. The van der Waals surface area contributed by atoms with Gasteiger partial charge in [0, 0.05) is 30.5 Å². The fourth-order valence-electron chi connectivity index (χ4n) is 6.46. The van der Waals surface area contributed by atoms with Crippen molar-refractivity contribution in [2.24, 2.45) is 23.7 Å². The van der Waals surface area contributed by atoms with Gasteiger partial charge in [-0.05, 0) is 41.7 Å². The van der Waals surface area contributed by atoms with Crippen molar-refractivity contribution in [3.8, 4) is 0 Å². The topological polar surface area (TPSA) is 29.5 Å². The average molecular weight is 510 g/mol. The maximum atomic E-state index is 14.3. The summed E-state index contributed by atoms with van der Waals surface area (Å²) in [5.74, 6) is 3.78. The number of esters is 1. The molecule has 2 aliphatic heterocycles. The fraction of sp³-hybridized carbons (Fsp3) is 0.567. The van der Waals surface area contributed by atoms with Crippen LogP contribution in [0.3, 0.4) is 0 Å². The van der Waals surface area contributed by atoms with Crippen LogP contribution < -0.4 is 0 Å². The van der Waals surface area contributed by atoms with Crippen LogP contribution in [-0.4, -0.2) is 39.2 Å². The summed E-state index contributed by atoms with van der Waals surface area (Å²) in [5.41, 5.74) is 2.57. The zero-order chi connectivity index (χ0) is 24.4. The lowest BCUT2D eigenvalue weighted by atomic mass is 9.75. The highest BCUT2D eigenvalue weighted by atomic mass is 32.2. The van der Waals surface area contributed by atoms with E-state index in [2.05, 4.69) is 86.3 Å². The molecule has 2 saturated heterocycles. The summed E-state index contributed by atoms with van der Waals surface area (Å²) < 4.78 is 6.30. The lowest BCUT2D eigenvalue weighted by molar-refractivity contribution is -0.161. The summed E-state index contributed by atoms with van der Waals surface area (Å²) in [4.78, 5) is 16.8. The molecule has 3 nitrogen and oxygen atoms in total. The molecule has 3 aliphatic rings. The molecule has 2 aromatic rings. The van der Waals surface area contributed by atoms with E-state index in [9.17, 15) is 4.79 Å². The van der Waals surface area contributed by atoms with Crippen molar-refractivity contribution in [2.45, 2.75) is 62.8 Å². The summed E-state index contributed by atoms with van der Waals surface area (Å²) in [6.07, 6.45) is 3.45. The molecule has 2 heterocycles. The summed E-state index contributed by atoms with van der Waals surface area (Å²) in [6.45, 7) is 8.63. The Morgan fingerprint density at radius 2 is 1.69 bits per heavy atom. The molecule has 0 N–H and O–H groups in total. The largest absolute Gasteiger partial charge is 0.462 e. The summed E-state index contributed by atoms with van der Waals surface area (Å²) in [6, 6.07) is 21.4. The van der Waals surface area contributed by atoms with Gasteiger partial charge in [-0.2, -0.15) is 0 Å². The highest BCUT2D eigenvalue weighted by molar-refractivity contribution is 8.21. The number of hydrogen-bond acceptors (Lipinski definition) is 5. The molecule has 35 heavy (non-hydrogen) atoms. The quantitative estimate of drug-likeness (QED) is 0.390. The molecular weight excluding hydrogens is 470 g/mol. The van der Waals surface area contributed by atoms with Gasteiger partial charge in [0.2, 0.25) is 0 Å². The van der Waals surface area contributed by atoms with Crippen LogP contribution in [0.15, 0.2) is 60.7 Å². The van der Waals surface area contributed by atoms with Gasteiger partial charge >= 0.3 is 5.97 Å². The fourth-order valence-corrected chi connectivity index (χ4v) is 10.1. The van der Waals surface area contributed by atoms with E-state index >= 15 is 0 Å². The van der Waals surface area contributed by atoms with E-state index in [0.717, 1.165) is 31.0 Å². The molecule has 188 valence electrons. The van der Waals surface area contributed by atoms with E-state index < -0.39 is 0 Å². The number of likely N-dealkylation sites (tertiary alicyclic amines) is 1. The van der Waals surface area contributed by atoms with Crippen LogP contribution in [-0.2, 0) is 16.1 Å². The first-order chi connectivity index (χ1) is 17.0. The number of rotatable bonds is 6. The summed E-state index contributed by atoms with van der Waals surface area (Å²) in [7, 11) is 0. The van der Waals surface area contributed by atoms with Crippen LogP contribution in [0.5, 0.6) is 0 Å². The van der Waals surface area contributed by atoms with Gasteiger partial charge in [-0.15, -0.1) is 23.5 Å². The highest BCUT2D eigenvalue weighted by Crippen LogP contribution is 2.60. The van der Waals surface area contributed by atoms with E-state index in [1.807, 2.05) is 23.5 Å². The van der Waals surface area contributed by atoms with Gasteiger partial charge < -0.3 is 4.74 Å². The molecule has 2 aromatic carbocycles. The smallest absolute Gasteiger partial charge is 0.313 e. The van der Waals surface area contributed by atoms with Gasteiger partial charge in [0.1, 0.15) is 16.2 Å². The van der Waals surface area contributed by atoms with Crippen LogP contribution >= 0.6 is 23.5 Å². The van der Waals surface area contributed by atoms with Crippen LogP contribution in [0, 0.1) is 23.7 Å². The lowest BCUT2D eigenvalue weighted by Gasteiger charge is -2.40. The zero-order valence-corrected chi connectivity index (χ0v) is 22.9. The van der Waals surface area contributed by atoms with Crippen molar-refractivity contribution in [2.75, 3.05) is 18.1 Å². The molecular formula is C30H39NO2S2. The molecule has 5 heteroatoms. The normalized spacial score (nSPS) is 30.7. The summed E-state index contributed by atoms with van der Waals surface area (Å²) >= 11 is 3.94. The van der Waals surface area contributed by atoms with E-state index in [1.54, 1.807) is 0 Å². The van der Waals surface area contributed by atoms with Crippen LogP contribution in [0.2, 0.25) is 0 Å². The Hall–Kier alpha value is -1.43. The van der Waals surface area contributed by atoms with Gasteiger partial charge in [-0.1, -0.05) is 87.9 Å². The minimum atomic E-state index is -0.263. The van der Waals surface area contributed by atoms with Crippen molar-refractivity contribution in [1.82, 2.24) is 4.90 Å². The molecule has 3 fully saturated rings. The molecule has 0 aromatic heterocycles. The van der Waals surface area contributed by atoms with Gasteiger partial charge in [0.25, 0.3) is 0 Å². The van der Waals surface area contributed by atoms with E-state index in [4.69, 9.17) is 4.74 Å². The summed E-state index contributed by atoms with van der Waals surface area (Å²) in [5, 5.41) is 0.